The van der Waals surface area contributed by atoms with Crippen molar-refractivity contribution in [3.05, 3.63) is 34.9 Å². The van der Waals surface area contributed by atoms with Crippen molar-refractivity contribution in [2.75, 3.05) is 27.2 Å². The maximum atomic E-state index is 11.6. The highest BCUT2D eigenvalue weighted by atomic mass is 35.5. The molecular formula is C11H16ClN2O+. The van der Waals surface area contributed by atoms with Crippen molar-refractivity contribution >= 4 is 17.5 Å². The first kappa shape index (κ1) is 12.0. The van der Waals surface area contributed by atoms with Crippen LogP contribution in [0, 0.1) is 0 Å². The van der Waals surface area contributed by atoms with Crippen molar-refractivity contribution in [3.63, 3.8) is 0 Å². The maximum absolute atomic E-state index is 11.6. The normalized spacial score (nSPS) is 10.4. The largest absolute Gasteiger partial charge is 0.346 e. The number of benzene rings is 1. The molecule has 0 unspecified atom stereocenters. The van der Waals surface area contributed by atoms with E-state index in [1.165, 1.54) is 4.90 Å². The fourth-order valence-corrected chi connectivity index (χ4v) is 1.39. The third-order valence-electron chi connectivity index (χ3n) is 2.03. The maximum Gasteiger partial charge on any atom is 0.253 e. The Morgan fingerprint density at radius 1 is 1.40 bits per heavy atom. The van der Waals surface area contributed by atoms with E-state index in [0.29, 0.717) is 17.1 Å². The van der Waals surface area contributed by atoms with Crippen LogP contribution in [0.2, 0.25) is 5.02 Å². The van der Waals surface area contributed by atoms with Gasteiger partial charge in [-0.2, -0.15) is 0 Å². The molecule has 0 aliphatic rings. The van der Waals surface area contributed by atoms with Gasteiger partial charge >= 0.3 is 0 Å². The summed E-state index contributed by atoms with van der Waals surface area (Å²) < 4.78 is 0. The first-order chi connectivity index (χ1) is 7.11. The van der Waals surface area contributed by atoms with Crippen LogP contribution in [0.15, 0.2) is 24.3 Å². The molecule has 1 amide bonds. The number of nitrogens with one attached hydrogen (secondary N) is 2. The van der Waals surface area contributed by atoms with Gasteiger partial charge in [0.15, 0.2) is 0 Å². The molecule has 0 aliphatic carbocycles. The summed E-state index contributed by atoms with van der Waals surface area (Å²) in [6, 6.07) is 7.05. The molecule has 1 aromatic carbocycles. The van der Waals surface area contributed by atoms with E-state index in [9.17, 15) is 4.79 Å². The van der Waals surface area contributed by atoms with Gasteiger partial charge in [0, 0.05) is 0 Å². The minimum Gasteiger partial charge on any atom is -0.346 e. The van der Waals surface area contributed by atoms with E-state index in [2.05, 4.69) is 5.32 Å². The summed E-state index contributed by atoms with van der Waals surface area (Å²) >= 11 is 5.89. The highest BCUT2D eigenvalue weighted by molar-refractivity contribution is 6.33. The van der Waals surface area contributed by atoms with E-state index in [-0.39, 0.29) is 5.91 Å². The monoisotopic (exact) mass is 227 g/mol. The summed E-state index contributed by atoms with van der Waals surface area (Å²) in [4.78, 5) is 12.9. The van der Waals surface area contributed by atoms with Crippen LogP contribution in [0.25, 0.3) is 0 Å². The molecule has 0 aromatic heterocycles. The molecule has 2 N–H and O–H groups in total. The van der Waals surface area contributed by atoms with Crippen LogP contribution in [-0.4, -0.2) is 33.1 Å². The fourth-order valence-electron chi connectivity index (χ4n) is 1.17. The minimum atomic E-state index is -0.109. The summed E-state index contributed by atoms with van der Waals surface area (Å²) in [7, 11) is 4.09. The molecule has 0 saturated carbocycles. The van der Waals surface area contributed by atoms with Crippen molar-refractivity contribution in [1.29, 1.82) is 0 Å². The first-order valence-corrected chi connectivity index (χ1v) is 5.31. The Hall–Kier alpha value is -1.06. The fraction of sp³-hybridized carbons (Fsp3) is 0.364. The number of quaternary nitrogens is 1. The lowest BCUT2D eigenvalue weighted by Crippen LogP contribution is -3.06. The van der Waals surface area contributed by atoms with Crippen LogP contribution in [0.3, 0.4) is 0 Å². The Labute approximate surface area is 95.0 Å². The molecule has 0 radical (unpaired) electrons. The topological polar surface area (TPSA) is 33.5 Å². The smallest absolute Gasteiger partial charge is 0.253 e. The highest BCUT2D eigenvalue weighted by Crippen LogP contribution is 2.14. The van der Waals surface area contributed by atoms with Crippen molar-refractivity contribution in [1.82, 2.24) is 5.32 Å². The third kappa shape index (κ3) is 3.90. The Bertz CT molecular complexity index is 339. The van der Waals surface area contributed by atoms with Crippen LogP contribution >= 0.6 is 11.6 Å². The van der Waals surface area contributed by atoms with Gasteiger partial charge in [0.05, 0.1) is 37.8 Å². The molecule has 4 heteroatoms. The van der Waals surface area contributed by atoms with Crippen molar-refractivity contribution < 1.29 is 9.69 Å². The zero-order valence-electron chi connectivity index (χ0n) is 9.01. The second-order valence-corrected chi connectivity index (χ2v) is 4.10. The molecule has 15 heavy (non-hydrogen) atoms. The highest BCUT2D eigenvalue weighted by Gasteiger charge is 2.08. The second-order valence-electron chi connectivity index (χ2n) is 3.69. The third-order valence-corrected chi connectivity index (χ3v) is 2.36. The molecule has 1 aromatic rings. The van der Waals surface area contributed by atoms with Gasteiger partial charge in [-0.3, -0.25) is 4.79 Å². The average molecular weight is 228 g/mol. The van der Waals surface area contributed by atoms with Crippen LogP contribution in [0.1, 0.15) is 10.4 Å². The Kier molecular flexibility index (Phi) is 4.59. The standard InChI is InChI=1S/C11H15ClN2O/c1-14(2)8-7-13-11(15)9-5-3-4-6-10(9)12/h3-6H,7-8H2,1-2H3,(H,13,15)/p+1. The van der Waals surface area contributed by atoms with Crippen molar-refractivity contribution in [2.24, 2.45) is 0 Å². The molecule has 0 aliphatic heterocycles. The van der Waals surface area contributed by atoms with Crippen LogP contribution < -0.4 is 10.2 Å². The minimum absolute atomic E-state index is 0.109. The van der Waals surface area contributed by atoms with Gasteiger partial charge in [0.1, 0.15) is 0 Å². The predicted octanol–water partition coefficient (Wildman–Crippen LogP) is 0.214. The number of carbonyl (C=O) groups is 1. The second kappa shape index (κ2) is 5.73. The molecular weight excluding hydrogens is 212 g/mol. The van der Waals surface area contributed by atoms with Crippen molar-refractivity contribution in [3.8, 4) is 0 Å². The zero-order chi connectivity index (χ0) is 11.3. The average Bonchev–Trinajstić information content (AvgIpc) is 2.17. The summed E-state index contributed by atoms with van der Waals surface area (Å²) in [5, 5.41) is 3.32. The molecule has 0 fully saturated rings. The van der Waals surface area contributed by atoms with E-state index in [4.69, 9.17) is 11.6 Å². The van der Waals surface area contributed by atoms with Gasteiger partial charge in [-0.15, -0.1) is 0 Å². The lowest BCUT2D eigenvalue weighted by atomic mass is 10.2. The predicted molar refractivity (Wildman–Crippen MR) is 61.5 cm³/mol. The van der Waals surface area contributed by atoms with Gasteiger partial charge in [0.2, 0.25) is 0 Å². The first-order valence-electron chi connectivity index (χ1n) is 4.93. The van der Waals surface area contributed by atoms with Gasteiger partial charge < -0.3 is 10.2 Å². The van der Waals surface area contributed by atoms with E-state index >= 15 is 0 Å². The molecule has 82 valence electrons. The van der Waals surface area contributed by atoms with E-state index in [1.54, 1.807) is 18.2 Å². The molecule has 0 saturated heterocycles. The number of halogens is 1. The quantitative estimate of drug-likeness (QED) is 0.758. The van der Waals surface area contributed by atoms with Gasteiger partial charge in [-0.25, -0.2) is 0 Å². The summed E-state index contributed by atoms with van der Waals surface area (Å²) in [6.45, 7) is 1.56. The number of likely N-dealkylation sites (N-methyl/N-ethyl adjacent to an activating group) is 1. The van der Waals surface area contributed by atoms with Gasteiger partial charge in [-0.1, -0.05) is 23.7 Å². The van der Waals surface area contributed by atoms with Gasteiger partial charge in [-0.05, 0) is 12.1 Å². The molecule has 0 atom stereocenters. The lowest BCUT2D eigenvalue weighted by Gasteiger charge is -2.09. The molecule has 1 rings (SSSR count). The lowest BCUT2D eigenvalue weighted by molar-refractivity contribution is -0.856. The number of rotatable bonds is 4. The molecule has 0 heterocycles. The summed E-state index contributed by atoms with van der Waals surface area (Å²) in [6.07, 6.45) is 0. The zero-order valence-corrected chi connectivity index (χ0v) is 9.77. The molecule has 0 bridgehead atoms. The Balaban J connectivity index is 2.51. The summed E-state index contributed by atoms with van der Waals surface area (Å²) in [5.74, 6) is -0.109. The number of carbonyl (C=O) groups excluding carboxylic acids is 1. The summed E-state index contributed by atoms with van der Waals surface area (Å²) in [5.41, 5.74) is 0.535. The van der Waals surface area contributed by atoms with E-state index in [1.807, 2.05) is 20.2 Å². The van der Waals surface area contributed by atoms with Crippen LogP contribution in [-0.2, 0) is 0 Å². The van der Waals surface area contributed by atoms with Gasteiger partial charge in [0.25, 0.3) is 5.91 Å². The van der Waals surface area contributed by atoms with E-state index in [0.717, 1.165) is 6.54 Å². The number of hydrogen-bond donors (Lipinski definition) is 2. The van der Waals surface area contributed by atoms with Crippen molar-refractivity contribution in [2.45, 2.75) is 0 Å². The molecule has 0 spiro atoms. The number of amides is 1. The Morgan fingerprint density at radius 3 is 2.67 bits per heavy atom. The Morgan fingerprint density at radius 2 is 2.07 bits per heavy atom. The van der Waals surface area contributed by atoms with Crippen LogP contribution in [0.5, 0.6) is 0 Å². The van der Waals surface area contributed by atoms with E-state index < -0.39 is 0 Å². The molecule has 3 nitrogen and oxygen atoms in total. The van der Waals surface area contributed by atoms with Crippen LogP contribution in [0.4, 0.5) is 0 Å². The SMILES string of the molecule is C[NH+](C)CCNC(=O)c1ccccc1Cl. The number of hydrogen-bond acceptors (Lipinski definition) is 1.